The van der Waals surface area contributed by atoms with Gasteiger partial charge in [-0.15, -0.1) is 0 Å². The predicted molar refractivity (Wildman–Crippen MR) is 49.9 cm³/mol. The second-order valence-corrected chi connectivity index (χ2v) is 2.79. The fraction of sp³-hybridized carbons (Fsp3) is 0.857. The monoisotopic (exact) mass is 193 g/mol. The van der Waals surface area contributed by atoms with E-state index in [1.54, 1.807) is 0 Å². The van der Waals surface area contributed by atoms with Gasteiger partial charge in [0.15, 0.2) is 0 Å². The molecule has 0 aromatic rings. The van der Waals surface area contributed by atoms with E-state index in [9.17, 15) is 4.79 Å². The summed E-state index contributed by atoms with van der Waals surface area (Å²) in [6, 6.07) is 0.236. The van der Waals surface area contributed by atoms with E-state index in [1.165, 1.54) is 0 Å². The zero-order chi connectivity index (χ0) is 8.27. The molecule has 1 atom stereocenters. The lowest BCUT2D eigenvalue weighted by Crippen LogP contribution is -2.45. The average Bonchev–Trinajstić information content (AvgIpc) is 1.93. The van der Waals surface area contributed by atoms with Crippen LogP contribution in [0.25, 0.3) is 0 Å². The molecule has 0 amide bonds. The summed E-state index contributed by atoms with van der Waals surface area (Å²) in [4.78, 5) is 12.2. The third-order valence-corrected chi connectivity index (χ3v) is 1.84. The van der Waals surface area contributed by atoms with Gasteiger partial charge in [-0.2, -0.15) is 13.5 Å². The first kappa shape index (κ1) is 11.7. The van der Waals surface area contributed by atoms with Crippen molar-refractivity contribution in [3.8, 4) is 0 Å². The molecular weight excluding hydrogens is 178 g/mol. The summed E-state index contributed by atoms with van der Waals surface area (Å²) in [7, 11) is 0. The Kier molecular flexibility index (Phi) is 5.28. The van der Waals surface area contributed by atoms with Crippen LogP contribution in [-0.2, 0) is 9.53 Å². The number of ether oxygens (including phenoxy) is 1. The van der Waals surface area contributed by atoms with Crippen molar-refractivity contribution in [2.24, 2.45) is 0 Å². The molecule has 0 saturated carbocycles. The summed E-state index contributed by atoms with van der Waals surface area (Å²) in [5, 5.41) is 8.50. The molecule has 1 N–H and O–H groups in total. The maximum Gasteiger partial charge on any atom is 0.317 e. The summed E-state index contributed by atoms with van der Waals surface area (Å²) < 4.78 is 5.16. The minimum Gasteiger partial charge on any atom is -0.480 e. The van der Waals surface area contributed by atoms with Crippen molar-refractivity contribution in [2.45, 2.75) is 13.0 Å². The van der Waals surface area contributed by atoms with E-state index in [4.69, 9.17) is 9.84 Å². The molecule has 0 aromatic heterocycles. The molecule has 1 aliphatic rings. The van der Waals surface area contributed by atoms with Gasteiger partial charge in [-0.3, -0.25) is 9.69 Å². The topological polar surface area (TPSA) is 49.8 Å². The van der Waals surface area contributed by atoms with Gasteiger partial charge in [0.05, 0.1) is 19.8 Å². The zero-order valence-corrected chi connectivity index (χ0v) is 8.12. The van der Waals surface area contributed by atoms with Crippen LogP contribution in [0.2, 0.25) is 0 Å². The third kappa shape index (κ3) is 3.42. The summed E-state index contributed by atoms with van der Waals surface area (Å²) in [5.41, 5.74) is 0. The van der Waals surface area contributed by atoms with E-state index in [0.717, 1.165) is 6.54 Å². The number of hydrogen-bond acceptors (Lipinski definition) is 3. The molecule has 12 heavy (non-hydrogen) atoms. The van der Waals surface area contributed by atoms with Crippen molar-refractivity contribution in [2.75, 3.05) is 26.3 Å². The second-order valence-electron chi connectivity index (χ2n) is 2.79. The maximum absolute atomic E-state index is 10.3. The number of morpholine rings is 1. The molecular formula is C7H15NO3S. The van der Waals surface area contributed by atoms with Gasteiger partial charge in [-0.1, -0.05) is 0 Å². The van der Waals surface area contributed by atoms with E-state index >= 15 is 0 Å². The van der Waals surface area contributed by atoms with Gasteiger partial charge in [-0.05, 0) is 6.92 Å². The van der Waals surface area contributed by atoms with Crippen LogP contribution in [0.15, 0.2) is 0 Å². The van der Waals surface area contributed by atoms with Gasteiger partial charge in [-0.25, -0.2) is 0 Å². The van der Waals surface area contributed by atoms with Crippen molar-refractivity contribution < 1.29 is 14.6 Å². The van der Waals surface area contributed by atoms with Crippen molar-refractivity contribution in [1.29, 1.82) is 0 Å². The molecule has 1 heterocycles. The fourth-order valence-corrected chi connectivity index (χ4v) is 1.17. The lowest BCUT2D eigenvalue weighted by Gasteiger charge is -2.31. The summed E-state index contributed by atoms with van der Waals surface area (Å²) >= 11 is 0. The summed E-state index contributed by atoms with van der Waals surface area (Å²) in [6.07, 6.45) is 0. The van der Waals surface area contributed by atoms with Crippen LogP contribution in [0.1, 0.15) is 6.92 Å². The van der Waals surface area contributed by atoms with Crippen LogP contribution in [0.3, 0.4) is 0 Å². The highest BCUT2D eigenvalue weighted by atomic mass is 32.1. The van der Waals surface area contributed by atoms with Gasteiger partial charge >= 0.3 is 5.97 Å². The van der Waals surface area contributed by atoms with Gasteiger partial charge < -0.3 is 9.84 Å². The van der Waals surface area contributed by atoms with Crippen LogP contribution in [-0.4, -0.2) is 48.3 Å². The van der Waals surface area contributed by atoms with Crippen molar-refractivity contribution in [3.63, 3.8) is 0 Å². The average molecular weight is 193 g/mol. The SMILES string of the molecule is C[C@H]1COCCN1CC(=O)O.S. The molecule has 0 radical (unpaired) electrons. The zero-order valence-electron chi connectivity index (χ0n) is 7.12. The second kappa shape index (κ2) is 5.40. The fourth-order valence-electron chi connectivity index (χ4n) is 1.17. The number of nitrogens with zero attached hydrogens (tertiary/aromatic N) is 1. The van der Waals surface area contributed by atoms with Gasteiger partial charge in [0.2, 0.25) is 0 Å². The number of carbonyl (C=O) groups is 1. The highest BCUT2D eigenvalue weighted by Crippen LogP contribution is 2.04. The number of carboxylic acids is 1. The van der Waals surface area contributed by atoms with Crippen molar-refractivity contribution in [3.05, 3.63) is 0 Å². The Morgan fingerprint density at radius 3 is 2.92 bits per heavy atom. The van der Waals surface area contributed by atoms with Gasteiger partial charge in [0.1, 0.15) is 0 Å². The molecule has 0 aliphatic carbocycles. The van der Waals surface area contributed by atoms with Crippen LogP contribution < -0.4 is 0 Å². The first-order chi connectivity index (χ1) is 5.20. The quantitative estimate of drug-likeness (QED) is 0.665. The number of hydrogen-bond donors (Lipinski definition) is 1. The smallest absolute Gasteiger partial charge is 0.317 e. The molecule has 1 rings (SSSR count). The molecule has 0 spiro atoms. The summed E-state index contributed by atoms with van der Waals surface area (Å²) in [6.45, 7) is 4.13. The van der Waals surface area contributed by atoms with Crippen LogP contribution in [0, 0.1) is 0 Å². The Bertz CT molecular complexity index is 154. The van der Waals surface area contributed by atoms with Crippen molar-refractivity contribution >= 4 is 19.5 Å². The van der Waals surface area contributed by atoms with Gasteiger partial charge in [0, 0.05) is 12.6 Å². The number of aliphatic carboxylic acids is 1. The van der Waals surface area contributed by atoms with E-state index in [0.29, 0.717) is 13.2 Å². The third-order valence-electron chi connectivity index (χ3n) is 1.84. The lowest BCUT2D eigenvalue weighted by molar-refractivity contribution is -0.140. The van der Waals surface area contributed by atoms with E-state index in [-0.39, 0.29) is 26.1 Å². The molecule has 0 bridgehead atoms. The molecule has 5 heteroatoms. The Hall–Kier alpha value is -0.260. The molecule has 72 valence electrons. The minimum absolute atomic E-state index is 0. The van der Waals surface area contributed by atoms with Crippen LogP contribution >= 0.6 is 13.5 Å². The minimum atomic E-state index is -0.765. The Morgan fingerprint density at radius 1 is 1.75 bits per heavy atom. The van der Waals surface area contributed by atoms with E-state index < -0.39 is 5.97 Å². The molecule has 4 nitrogen and oxygen atoms in total. The Morgan fingerprint density at radius 2 is 2.42 bits per heavy atom. The maximum atomic E-state index is 10.3. The van der Waals surface area contributed by atoms with E-state index in [1.807, 2.05) is 11.8 Å². The van der Waals surface area contributed by atoms with Crippen molar-refractivity contribution in [1.82, 2.24) is 4.90 Å². The first-order valence-electron chi connectivity index (χ1n) is 3.73. The molecule has 1 fully saturated rings. The van der Waals surface area contributed by atoms with E-state index in [2.05, 4.69) is 0 Å². The summed E-state index contributed by atoms with van der Waals surface area (Å²) in [5.74, 6) is -0.765. The van der Waals surface area contributed by atoms with Gasteiger partial charge in [0.25, 0.3) is 0 Å². The first-order valence-corrected chi connectivity index (χ1v) is 3.73. The largest absolute Gasteiger partial charge is 0.480 e. The Labute approximate surface area is 78.9 Å². The Balaban J connectivity index is 0.00000121. The molecule has 0 aromatic carbocycles. The van der Waals surface area contributed by atoms with Crippen LogP contribution in [0.4, 0.5) is 0 Å². The van der Waals surface area contributed by atoms with Crippen LogP contribution in [0.5, 0.6) is 0 Å². The molecule has 1 aliphatic heterocycles. The normalized spacial score (nSPS) is 24.6. The highest BCUT2D eigenvalue weighted by molar-refractivity contribution is 7.59. The number of carboxylic acid groups (broad SMARTS) is 1. The number of rotatable bonds is 2. The molecule has 0 unspecified atom stereocenters. The standard InChI is InChI=1S/C7H13NO3.H2S/c1-6-5-11-3-2-8(6)4-7(9)10;/h6H,2-5H2,1H3,(H,9,10);1H2/t6-;/m0./s1. The lowest BCUT2D eigenvalue weighted by atomic mass is 10.2. The molecule has 1 saturated heterocycles. The predicted octanol–water partition coefficient (Wildman–Crippen LogP) is -0.0955. The highest BCUT2D eigenvalue weighted by Gasteiger charge is 2.20.